The van der Waals surface area contributed by atoms with Gasteiger partial charge >= 0.3 is 12.2 Å². The number of amides is 4. The van der Waals surface area contributed by atoms with Crippen LogP contribution < -0.4 is 10.6 Å². The molecule has 5 aromatic rings. The number of benzene rings is 3. The Kier molecular flexibility index (Phi) is 11.9. The maximum absolute atomic E-state index is 13.7. The molecule has 4 amide bonds. The maximum Gasteiger partial charge on any atom is 0.407 e. The molecule has 4 atom stereocenters. The van der Waals surface area contributed by atoms with Gasteiger partial charge in [0.15, 0.2) is 0 Å². The van der Waals surface area contributed by atoms with Gasteiger partial charge in [0.25, 0.3) is 0 Å². The van der Waals surface area contributed by atoms with Crippen LogP contribution in [0.25, 0.3) is 44.4 Å². The van der Waals surface area contributed by atoms with Crippen LogP contribution in [-0.2, 0) is 19.1 Å². The Morgan fingerprint density at radius 2 is 1.19 bits per heavy atom. The third-order valence-electron chi connectivity index (χ3n) is 11.4. The average molecular weight is 801 g/mol. The quantitative estimate of drug-likeness (QED) is 0.0992. The summed E-state index contributed by atoms with van der Waals surface area (Å²) in [6, 6.07) is 19.0. The molecule has 4 heterocycles. The summed E-state index contributed by atoms with van der Waals surface area (Å²) in [5.41, 5.74) is 6.71. The number of imidazole rings is 2. The minimum absolute atomic E-state index is 0.108. The number of carbonyl (C=O) groups is 4. The summed E-state index contributed by atoms with van der Waals surface area (Å²) in [6.07, 6.45) is 4.53. The molecular weight excluding hydrogens is 749 g/mol. The van der Waals surface area contributed by atoms with Crippen molar-refractivity contribution in [1.82, 2.24) is 40.4 Å². The smallest absolute Gasteiger partial charge is 0.407 e. The minimum Gasteiger partial charge on any atom is -0.453 e. The Morgan fingerprint density at radius 1 is 0.695 bits per heavy atom. The Morgan fingerprint density at radius 3 is 1.76 bits per heavy atom. The summed E-state index contributed by atoms with van der Waals surface area (Å²) in [6.45, 7) is 12.7. The summed E-state index contributed by atoms with van der Waals surface area (Å²) in [4.78, 5) is 71.1. The summed E-state index contributed by atoms with van der Waals surface area (Å²) in [5, 5.41) is 7.56. The van der Waals surface area contributed by atoms with E-state index in [9.17, 15) is 19.2 Å². The van der Waals surface area contributed by atoms with Crippen molar-refractivity contribution in [1.29, 1.82) is 0 Å². The molecule has 0 spiro atoms. The first-order valence-corrected chi connectivity index (χ1v) is 20.1. The second kappa shape index (κ2) is 17.2. The largest absolute Gasteiger partial charge is 0.453 e. The van der Waals surface area contributed by atoms with E-state index < -0.39 is 24.3 Å². The molecule has 14 nitrogen and oxygen atoms in total. The number of likely N-dealkylation sites (tertiary alicyclic amines) is 2. The molecule has 308 valence electrons. The number of methoxy groups -OCH3 is 2. The van der Waals surface area contributed by atoms with Crippen molar-refractivity contribution in [2.24, 2.45) is 11.8 Å². The van der Waals surface area contributed by atoms with Gasteiger partial charge in [-0.1, -0.05) is 88.4 Å². The van der Waals surface area contributed by atoms with E-state index >= 15 is 0 Å². The first kappa shape index (κ1) is 40.7. The van der Waals surface area contributed by atoms with Crippen molar-refractivity contribution < 1.29 is 28.7 Å². The number of aromatic nitrogens is 4. The van der Waals surface area contributed by atoms with Crippen LogP contribution in [0.3, 0.4) is 0 Å². The number of alkyl carbamates (subject to hydrolysis) is 2. The van der Waals surface area contributed by atoms with Crippen LogP contribution in [0.5, 0.6) is 0 Å². The summed E-state index contributed by atoms with van der Waals surface area (Å²) in [5.74, 6) is 0.796. The lowest BCUT2D eigenvalue weighted by atomic mass is 9.98. The number of carbonyl (C=O) groups excluding carboxylic acids is 4. The molecule has 59 heavy (non-hydrogen) atoms. The van der Waals surface area contributed by atoms with Crippen molar-refractivity contribution >= 4 is 34.8 Å². The molecule has 7 rings (SSSR count). The van der Waals surface area contributed by atoms with Gasteiger partial charge in [-0.05, 0) is 70.7 Å². The maximum atomic E-state index is 13.7. The van der Waals surface area contributed by atoms with Crippen LogP contribution >= 0.6 is 0 Å². The number of hydrogen-bond acceptors (Lipinski definition) is 8. The highest BCUT2D eigenvalue weighted by atomic mass is 16.5. The summed E-state index contributed by atoms with van der Waals surface area (Å²) in [7, 11) is 2.57. The Bertz CT molecular complexity index is 2360. The molecule has 2 fully saturated rings. The lowest BCUT2D eigenvalue weighted by Crippen LogP contribution is -2.51. The van der Waals surface area contributed by atoms with Crippen LogP contribution in [0, 0.1) is 11.8 Å². The summed E-state index contributed by atoms with van der Waals surface area (Å²) >= 11 is 0. The predicted molar refractivity (Wildman–Crippen MR) is 225 cm³/mol. The third-order valence-corrected chi connectivity index (χ3v) is 11.4. The molecule has 3 aromatic carbocycles. The number of H-pyrrole nitrogens is 2. The number of fused-ring (bicyclic) bond motifs is 1. The molecule has 2 saturated heterocycles. The zero-order valence-corrected chi connectivity index (χ0v) is 34.4. The van der Waals surface area contributed by atoms with E-state index in [1.54, 1.807) is 11.1 Å². The standard InChI is InChI=1S/C45H52N8O6/c1-25(2)38(50-44(56)58-6)42(54)52-18-8-9-36(52)40-46-23-35(49-40)33-17-16-31-20-30(14-15-32(31)21-33)28-10-12-29(13-11-28)34-22-47-41(48-34)37-19-27(5)24-53(37)43(55)39(26(3)4)51-45(57)59-7/h10-17,20-23,25-26,36-39H,5,8-9,18-19,24H2,1-4,6-7H3,(H,46,49)(H,47,48)(H,50,56)(H,51,57). The third kappa shape index (κ3) is 8.57. The summed E-state index contributed by atoms with van der Waals surface area (Å²) < 4.78 is 9.53. The number of hydrogen-bond donors (Lipinski definition) is 4. The second-order valence-electron chi connectivity index (χ2n) is 16.1. The zero-order valence-electron chi connectivity index (χ0n) is 34.4. The van der Waals surface area contributed by atoms with Crippen molar-refractivity contribution in [3.05, 3.63) is 96.9 Å². The van der Waals surface area contributed by atoms with Gasteiger partial charge in [0.2, 0.25) is 11.8 Å². The Hall–Kier alpha value is -6.44. The molecule has 2 aromatic heterocycles. The monoisotopic (exact) mass is 800 g/mol. The van der Waals surface area contributed by atoms with Crippen LogP contribution in [0.15, 0.2) is 85.2 Å². The van der Waals surface area contributed by atoms with Gasteiger partial charge in [-0.2, -0.15) is 0 Å². The van der Waals surface area contributed by atoms with Gasteiger partial charge in [-0.3, -0.25) is 9.59 Å². The van der Waals surface area contributed by atoms with E-state index in [2.05, 4.69) is 92.8 Å². The van der Waals surface area contributed by atoms with Gasteiger partial charge in [0.1, 0.15) is 23.7 Å². The van der Waals surface area contributed by atoms with Crippen LogP contribution in [0.1, 0.15) is 70.7 Å². The van der Waals surface area contributed by atoms with Gasteiger partial charge in [0, 0.05) is 18.7 Å². The van der Waals surface area contributed by atoms with Gasteiger partial charge < -0.3 is 39.9 Å². The van der Waals surface area contributed by atoms with Crippen LogP contribution in [0.4, 0.5) is 9.59 Å². The van der Waals surface area contributed by atoms with Crippen molar-refractivity contribution in [3.8, 4) is 33.6 Å². The lowest BCUT2D eigenvalue weighted by molar-refractivity contribution is -0.136. The molecule has 4 N–H and O–H groups in total. The normalized spacial score (nSPS) is 17.7. The molecule has 2 aliphatic rings. The fraction of sp³-hybridized carbons (Fsp3) is 0.378. The molecule has 4 unspecified atom stereocenters. The molecular formula is C45H52N8O6. The number of nitrogens with one attached hydrogen (secondary N) is 4. The van der Waals surface area contributed by atoms with E-state index in [1.165, 1.54) is 14.2 Å². The molecule has 2 aliphatic heterocycles. The van der Waals surface area contributed by atoms with Gasteiger partial charge in [-0.15, -0.1) is 0 Å². The Balaban J connectivity index is 1.03. The number of ether oxygens (including phenoxy) is 2. The molecule has 0 bridgehead atoms. The van der Waals surface area contributed by atoms with E-state index in [-0.39, 0.29) is 35.7 Å². The predicted octanol–water partition coefficient (Wildman–Crippen LogP) is 7.54. The molecule has 0 radical (unpaired) electrons. The topological polar surface area (TPSA) is 175 Å². The van der Waals surface area contributed by atoms with E-state index in [4.69, 9.17) is 14.5 Å². The fourth-order valence-electron chi connectivity index (χ4n) is 8.09. The highest BCUT2D eigenvalue weighted by Crippen LogP contribution is 2.37. The molecule has 14 heteroatoms. The zero-order chi connectivity index (χ0) is 42.0. The highest BCUT2D eigenvalue weighted by Gasteiger charge is 2.40. The van der Waals surface area contributed by atoms with Crippen molar-refractivity contribution in [2.75, 3.05) is 27.3 Å². The van der Waals surface area contributed by atoms with E-state index in [0.717, 1.165) is 68.7 Å². The molecule has 0 aliphatic carbocycles. The fourth-order valence-corrected chi connectivity index (χ4v) is 8.09. The average Bonchev–Trinajstić information content (AvgIpc) is 4.08. The minimum atomic E-state index is -0.740. The number of aromatic amines is 2. The van der Waals surface area contributed by atoms with Crippen molar-refractivity contribution in [3.63, 3.8) is 0 Å². The van der Waals surface area contributed by atoms with Crippen molar-refractivity contribution in [2.45, 2.75) is 71.1 Å². The van der Waals surface area contributed by atoms with Gasteiger partial charge in [0.05, 0.1) is 50.1 Å². The first-order valence-electron chi connectivity index (χ1n) is 20.1. The van der Waals surface area contributed by atoms with E-state index in [1.807, 2.05) is 38.8 Å². The number of rotatable bonds is 11. The second-order valence-corrected chi connectivity index (χ2v) is 16.1. The van der Waals surface area contributed by atoms with Gasteiger partial charge in [-0.25, -0.2) is 19.6 Å². The van der Waals surface area contributed by atoms with Crippen LogP contribution in [-0.4, -0.2) is 93.1 Å². The first-order chi connectivity index (χ1) is 28.3. The number of nitrogens with zero attached hydrogens (tertiary/aromatic N) is 4. The Labute approximate surface area is 343 Å². The molecule has 0 saturated carbocycles. The SMILES string of the molecule is C=C1CC(c2ncc(-c3ccc(-c4ccc5cc(-c6cnc(C7CCCN7C(=O)C(NC(=O)OC)C(C)C)[nH]6)ccc5c4)cc3)[nH]2)N(C(=O)C(NC(=O)OC)C(C)C)C1. The highest BCUT2D eigenvalue weighted by molar-refractivity contribution is 5.91. The van der Waals surface area contributed by atoms with Crippen LogP contribution in [0.2, 0.25) is 0 Å². The lowest BCUT2D eigenvalue weighted by Gasteiger charge is -2.30. The van der Waals surface area contributed by atoms with E-state index in [0.29, 0.717) is 25.3 Å².